The molecule has 0 fully saturated rings. The molecule has 19 heavy (non-hydrogen) atoms. The van der Waals surface area contributed by atoms with Crippen LogP contribution in [0.15, 0.2) is 0 Å². The Bertz CT molecular complexity index is 194. The molecule has 0 aliphatic carbocycles. The molecule has 0 saturated carbocycles. The lowest BCUT2D eigenvalue weighted by Gasteiger charge is -2.31. The summed E-state index contributed by atoms with van der Waals surface area (Å²) in [6, 6.07) is 0.643. The minimum atomic E-state index is 0.643. The number of nitrogens with one attached hydrogen (secondary N) is 1. The maximum atomic E-state index is 3.73. The molecule has 0 aromatic carbocycles. The SMILES string of the molecule is CCCNC(CN(CC)CCCN(C)C)C(C)CC. The predicted molar refractivity (Wildman–Crippen MR) is 86.8 cm³/mol. The number of nitrogens with zero attached hydrogens (tertiary/aromatic N) is 2. The van der Waals surface area contributed by atoms with E-state index in [1.165, 1.54) is 38.9 Å². The Kier molecular flexibility index (Phi) is 11.6. The number of hydrogen-bond acceptors (Lipinski definition) is 3. The molecule has 0 rings (SSSR count). The third-order valence-electron chi connectivity index (χ3n) is 3.97. The van der Waals surface area contributed by atoms with Crippen molar-refractivity contribution in [1.29, 1.82) is 0 Å². The summed E-state index contributed by atoms with van der Waals surface area (Å²) in [5.41, 5.74) is 0. The quantitative estimate of drug-likeness (QED) is 0.589. The van der Waals surface area contributed by atoms with Crippen LogP contribution in [0.2, 0.25) is 0 Å². The highest BCUT2D eigenvalue weighted by Gasteiger charge is 2.17. The van der Waals surface area contributed by atoms with E-state index in [1.807, 2.05) is 0 Å². The summed E-state index contributed by atoms with van der Waals surface area (Å²) in [5, 5.41) is 3.73. The Labute approximate surface area is 121 Å². The molecule has 0 aliphatic heterocycles. The third-order valence-corrected chi connectivity index (χ3v) is 3.97. The van der Waals surface area contributed by atoms with Crippen LogP contribution in [0.25, 0.3) is 0 Å². The second kappa shape index (κ2) is 11.7. The van der Waals surface area contributed by atoms with Gasteiger partial charge in [-0.25, -0.2) is 0 Å². The van der Waals surface area contributed by atoms with Gasteiger partial charge >= 0.3 is 0 Å². The number of likely N-dealkylation sites (N-methyl/N-ethyl adjacent to an activating group) is 1. The molecule has 0 heterocycles. The van der Waals surface area contributed by atoms with Crippen molar-refractivity contribution >= 4 is 0 Å². The van der Waals surface area contributed by atoms with E-state index >= 15 is 0 Å². The molecule has 3 heteroatoms. The first kappa shape index (κ1) is 18.9. The van der Waals surface area contributed by atoms with Gasteiger partial charge in [-0.1, -0.05) is 34.1 Å². The molecule has 0 aromatic rings. The minimum absolute atomic E-state index is 0.643. The summed E-state index contributed by atoms with van der Waals surface area (Å²) in [7, 11) is 4.31. The lowest BCUT2D eigenvalue weighted by molar-refractivity contribution is 0.209. The average molecular weight is 271 g/mol. The van der Waals surface area contributed by atoms with Crippen LogP contribution in [-0.2, 0) is 0 Å². The Hall–Kier alpha value is -0.120. The molecule has 0 spiro atoms. The first-order chi connectivity index (χ1) is 9.04. The van der Waals surface area contributed by atoms with Crippen molar-refractivity contribution < 1.29 is 0 Å². The van der Waals surface area contributed by atoms with Crippen LogP contribution >= 0.6 is 0 Å². The van der Waals surface area contributed by atoms with E-state index in [4.69, 9.17) is 0 Å². The molecule has 0 bridgehead atoms. The van der Waals surface area contributed by atoms with Crippen LogP contribution in [0.5, 0.6) is 0 Å². The standard InChI is InChI=1S/C16H37N3/c1-7-11-17-16(15(4)8-2)14-19(9-3)13-10-12-18(5)6/h15-17H,7-14H2,1-6H3. The van der Waals surface area contributed by atoms with Gasteiger partial charge in [0, 0.05) is 12.6 Å². The minimum Gasteiger partial charge on any atom is -0.312 e. The van der Waals surface area contributed by atoms with Gasteiger partial charge in [0.25, 0.3) is 0 Å². The van der Waals surface area contributed by atoms with Crippen molar-refractivity contribution in [2.24, 2.45) is 5.92 Å². The fourth-order valence-corrected chi connectivity index (χ4v) is 2.33. The maximum absolute atomic E-state index is 3.73. The van der Waals surface area contributed by atoms with Gasteiger partial charge in [-0.3, -0.25) is 0 Å². The maximum Gasteiger partial charge on any atom is 0.0220 e. The largest absolute Gasteiger partial charge is 0.312 e. The molecule has 2 atom stereocenters. The van der Waals surface area contributed by atoms with E-state index in [9.17, 15) is 0 Å². The van der Waals surface area contributed by atoms with Crippen LogP contribution in [-0.4, -0.2) is 62.7 Å². The van der Waals surface area contributed by atoms with E-state index in [-0.39, 0.29) is 0 Å². The zero-order valence-corrected chi connectivity index (χ0v) is 14.2. The lowest BCUT2D eigenvalue weighted by atomic mass is 9.98. The van der Waals surface area contributed by atoms with E-state index in [0.29, 0.717) is 6.04 Å². The van der Waals surface area contributed by atoms with Crippen molar-refractivity contribution in [2.45, 2.75) is 53.0 Å². The first-order valence-electron chi connectivity index (χ1n) is 8.15. The van der Waals surface area contributed by atoms with E-state index in [2.05, 4.69) is 56.9 Å². The fourth-order valence-electron chi connectivity index (χ4n) is 2.33. The van der Waals surface area contributed by atoms with E-state index < -0.39 is 0 Å². The Morgan fingerprint density at radius 1 is 1.05 bits per heavy atom. The third kappa shape index (κ3) is 9.42. The fraction of sp³-hybridized carbons (Fsp3) is 1.00. The van der Waals surface area contributed by atoms with Crippen LogP contribution in [0, 0.1) is 5.92 Å². The monoisotopic (exact) mass is 271 g/mol. The molecular weight excluding hydrogens is 234 g/mol. The van der Waals surface area contributed by atoms with Crippen molar-refractivity contribution in [3.8, 4) is 0 Å². The summed E-state index contributed by atoms with van der Waals surface area (Å²) in [6.07, 6.45) is 3.75. The van der Waals surface area contributed by atoms with Gasteiger partial charge in [-0.05, 0) is 59.0 Å². The van der Waals surface area contributed by atoms with Gasteiger partial charge in [0.2, 0.25) is 0 Å². The van der Waals surface area contributed by atoms with Gasteiger partial charge in [0.05, 0.1) is 0 Å². The molecule has 0 aliphatic rings. The molecule has 116 valence electrons. The van der Waals surface area contributed by atoms with Crippen molar-refractivity contribution in [1.82, 2.24) is 15.1 Å². The molecule has 0 radical (unpaired) electrons. The van der Waals surface area contributed by atoms with E-state index in [1.54, 1.807) is 0 Å². The Morgan fingerprint density at radius 3 is 2.21 bits per heavy atom. The second-order valence-electron chi connectivity index (χ2n) is 6.00. The Balaban J connectivity index is 4.17. The number of rotatable bonds is 12. The van der Waals surface area contributed by atoms with Gasteiger partial charge in [-0.15, -0.1) is 0 Å². The highest BCUT2D eigenvalue weighted by atomic mass is 15.2. The molecule has 0 aromatic heterocycles. The normalized spacial score (nSPS) is 15.2. The summed E-state index contributed by atoms with van der Waals surface area (Å²) in [4.78, 5) is 4.87. The van der Waals surface area contributed by atoms with Gasteiger partial charge in [0.15, 0.2) is 0 Å². The summed E-state index contributed by atoms with van der Waals surface area (Å²) in [6.45, 7) is 15.1. The Morgan fingerprint density at radius 2 is 1.74 bits per heavy atom. The van der Waals surface area contributed by atoms with Crippen molar-refractivity contribution in [2.75, 3.05) is 46.8 Å². The van der Waals surface area contributed by atoms with Crippen LogP contribution in [0.1, 0.15) is 47.0 Å². The smallest absolute Gasteiger partial charge is 0.0220 e. The van der Waals surface area contributed by atoms with Crippen LogP contribution in [0.4, 0.5) is 0 Å². The zero-order chi connectivity index (χ0) is 14.7. The number of hydrogen-bond donors (Lipinski definition) is 1. The highest BCUT2D eigenvalue weighted by Crippen LogP contribution is 2.10. The molecular formula is C16H37N3. The van der Waals surface area contributed by atoms with Crippen molar-refractivity contribution in [3.63, 3.8) is 0 Å². The molecule has 0 amide bonds. The summed E-state index contributed by atoms with van der Waals surface area (Å²) >= 11 is 0. The molecule has 0 saturated heterocycles. The molecule has 1 N–H and O–H groups in total. The van der Waals surface area contributed by atoms with Crippen LogP contribution < -0.4 is 5.32 Å². The predicted octanol–water partition coefficient (Wildman–Crippen LogP) is 2.67. The molecule has 3 nitrogen and oxygen atoms in total. The second-order valence-corrected chi connectivity index (χ2v) is 6.00. The van der Waals surface area contributed by atoms with Gasteiger partial charge < -0.3 is 15.1 Å². The van der Waals surface area contributed by atoms with Gasteiger partial charge in [-0.2, -0.15) is 0 Å². The van der Waals surface area contributed by atoms with E-state index in [0.717, 1.165) is 19.0 Å². The van der Waals surface area contributed by atoms with Crippen molar-refractivity contribution in [3.05, 3.63) is 0 Å². The molecule has 2 unspecified atom stereocenters. The average Bonchev–Trinajstić information content (AvgIpc) is 2.40. The van der Waals surface area contributed by atoms with Gasteiger partial charge in [0.1, 0.15) is 0 Å². The first-order valence-corrected chi connectivity index (χ1v) is 8.15. The topological polar surface area (TPSA) is 18.5 Å². The van der Waals surface area contributed by atoms with Crippen LogP contribution in [0.3, 0.4) is 0 Å². The summed E-state index contributed by atoms with van der Waals surface area (Å²) < 4.78 is 0. The highest BCUT2D eigenvalue weighted by molar-refractivity contribution is 4.76. The zero-order valence-electron chi connectivity index (χ0n) is 14.2. The summed E-state index contributed by atoms with van der Waals surface area (Å²) in [5.74, 6) is 0.759. The lowest BCUT2D eigenvalue weighted by Crippen LogP contribution is -2.45.